The monoisotopic (exact) mass is 513 g/mol. The minimum Gasteiger partial charge on any atom is -0.497 e. The second-order valence-corrected chi connectivity index (χ2v) is 10.4. The third kappa shape index (κ3) is 6.55. The summed E-state index contributed by atoms with van der Waals surface area (Å²) in [5.74, 6) is 1.22. The normalized spacial score (nSPS) is 15.5. The molecular weight excluding hydrogens is 490 g/mol. The average molecular weight is 514 g/mol. The maximum atomic E-state index is 12.4. The Balaban J connectivity index is 1.25. The molecule has 1 heterocycles. The van der Waals surface area contributed by atoms with Crippen LogP contribution in [-0.2, 0) is 27.8 Å². The number of carbonyl (C=O) groups excluding carboxylic acids is 2. The van der Waals surface area contributed by atoms with Crippen molar-refractivity contribution < 1.29 is 31.7 Å². The van der Waals surface area contributed by atoms with Gasteiger partial charge in [-0.25, -0.2) is 0 Å². The highest BCUT2D eigenvalue weighted by atomic mass is 32.2. The Bertz CT molecular complexity index is 1290. The van der Waals surface area contributed by atoms with Crippen molar-refractivity contribution in [3.63, 3.8) is 0 Å². The Labute approximate surface area is 207 Å². The molecule has 1 aliphatic rings. The molecule has 1 N–H and O–H groups in total. The first-order valence-electron chi connectivity index (χ1n) is 10.7. The zero-order chi connectivity index (χ0) is 24.8. The van der Waals surface area contributed by atoms with E-state index in [4.69, 9.17) is 13.7 Å². The SMILES string of the molecule is COc1ccc(S(=O)(=O)Oc2ccc(CCOc3ccc(CC4SC(=O)NC4=O)cc3)cc2)cc1. The number of nitrogens with one attached hydrogen (secondary N) is 1. The Morgan fingerprint density at radius 3 is 2.03 bits per heavy atom. The van der Waals surface area contributed by atoms with Crippen LogP contribution in [0.15, 0.2) is 77.7 Å². The molecule has 0 spiro atoms. The number of amides is 2. The van der Waals surface area contributed by atoms with Crippen LogP contribution in [0.3, 0.4) is 0 Å². The molecule has 35 heavy (non-hydrogen) atoms. The standard InChI is InChI=1S/C25H23NO7S2/c1-31-19-10-12-22(13-11-19)35(29,30)33-21-8-2-17(3-9-21)14-15-32-20-6-4-18(5-7-20)16-23-24(27)26-25(28)34-23/h2-13,23H,14-16H2,1H3,(H,26,27,28). The molecule has 1 aliphatic heterocycles. The second kappa shape index (κ2) is 10.8. The zero-order valence-corrected chi connectivity index (χ0v) is 20.4. The third-order valence-corrected chi connectivity index (χ3v) is 7.49. The highest BCUT2D eigenvalue weighted by Gasteiger charge is 2.31. The molecule has 8 nitrogen and oxygen atoms in total. The summed E-state index contributed by atoms with van der Waals surface area (Å²) in [4.78, 5) is 23.0. The van der Waals surface area contributed by atoms with Gasteiger partial charge in [-0.3, -0.25) is 14.9 Å². The first-order chi connectivity index (χ1) is 16.8. The molecule has 182 valence electrons. The molecule has 2 amide bonds. The number of carbonyl (C=O) groups is 2. The molecule has 4 rings (SSSR count). The average Bonchev–Trinajstić information content (AvgIpc) is 3.17. The lowest BCUT2D eigenvalue weighted by atomic mass is 10.1. The van der Waals surface area contributed by atoms with Crippen molar-refractivity contribution in [1.82, 2.24) is 5.32 Å². The molecule has 1 fully saturated rings. The van der Waals surface area contributed by atoms with Gasteiger partial charge >= 0.3 is 10.1 Å². The lowest BCUT2D eigenvalue weighted by molar-refractivity contribution is -0.118. The number of hydrogen-bond donors (Lipinski definition) is 1. The molecule has 0 radical (unpaired) electrons. The topological polar surface area (TPSA) is 108 Å². The molecule has 3 aromatic rings. The summed E-state index contributed by atoms with van der Waals surface area (Å²) in [6.45, 7) is 0.430. The fraction of sp³-hybridized carbons (Fsp3) is 0.200. The predicted molar refractivity (Wildman–Crippen MR) is 132 cm³/mol. The van der Waals surface area contributed by atoms with Gasteiger partial charge < -0.3 is 13.7 Å². The van der Waals surface area contributed by atoms with E-state index in [9.17, 15) is 18.0 Å². The lowest BCUT2D eigenvalue weighted by Gasteiger charge is -2.10. The molecule has 3 aromatic carbocycles. The smallest absolute Gasteiger partial charge is 0.339 e. The van der Waals surface area contributed by atoms with Gasteiger partial charge in [0.05, 0.1) is 19.0 Å². The summed E-state index contributed by atoms with van der Waals surface area (Å²) in [7, 11) is -2.44. The van der Waals surface area contributed by atoms with Crippen LogP contribution in [-0.4, -0.2) is 38.5 Å². The van der Waals surface area contributed by atoms with E-state index in [1.165, 1.54) is 19.2 Å². The van der Waals surface area contributed by atoms with Crippen molar-refractivity contribution in [2.24, 2.45) is 0 Å². The molecule has 1 atom stereocenters. The van der Waals surface area contributed by atoms with Gasteiger partial charge in [0.2, 0.25) is 5.91 Å². The predicted octanol–water partition coefficient (Wildman–Crippen LogP) is 3.98. The van der Waals surface area contributed by atoms with E-state index >= 15 is 0 Å². The minimum absolute atomic E-state index is 0.0422. The Morgan fingerprint density at radius 1 is 0.829 bits per heavy atom. The van der Waals surface area contributed by atoms with E-state index in [0.717, 1.165) is 22.9 Å². The Morgan fingerprint density at radius 2 is 1.43 bits per heavy atom. The quantitative estimate of drug-likeness (QED) is 0.406. The Kier molecular flexibility index (Phi) is 7.62. The molecule has 0 aromatic heterocycles. The zero-order valence-electron chi connectivity index (χ0n) is 18.8. The fourth-order valence-corrected chi connectivity index (χ4v) is 5.17. The van der Waals surface area contributed by atoms with Crippen LogP contribution >= 0.6 is 11.8 Å². The number of imide groups is 1. The van der Waals surface area contributed by atoms with Gasteiger partial charge in [-0.2, -0.15) is 8.42 Å². The van der Waals surface area contributed by atoms with E-state index in [1.54, 1.807) is 36.4 Å². The van der Waals surface area contributed by atoms with Crippen molar-refractivity contribution in [3.8, 4) is 17.2 Å². The van der Waals surface area contributed by atoms with Crippen molar-refractivity contribution in [2.75, 3.05) is 13.7 Å². The van der Waals surface area contributed by atoms with Gasteiger partial charge in [0.25, 0.3) is 5.24 Å². The molecule has 0 saturated carbocycles. The van der Waals surface area contributed by atoms with Crippen molar-refractivity contribution in [3.05, 3.63) is 83.9 Å². The first kappa shape index (κ1) is 24.6. The van der Waals surface area contributed by atoms with Crippen LogP contribution in [0.5, 0.6) is 17.2 Å². The molecule has 10 heteroatoms. The van der Waals surface area contributed by atoms with Crippen LogP contribution in [0.2, 0.25) is 0 Å². The molecular formula is C25H23NO7S2. The molecule has 0 bridgehead atoms. The number of benzene rings is 3. The summed E-state index contributed by atoms with van der Waals surface area (Å²) >= 11 is 1.01. The van der Waals surface area contributed by atoms with Gasteiger partial charge in [0.15, 0.2) is 0 Å². The van der Waals surface area contributed by atoms with Crippen LogP contribution < -0.4 is 19.0 Å². The highest BCUT2D eigenvalue weighted by molar-refractivity contribution is 8.15. The van der Waals surface area contributed by atoms with Crippen molar-refractivity contribution >= 4 is 33.0 Å². The van der Waals surface area contributed by atoms with E-state index < -0.39 is 15.4 Å². The number of ether oxygens (including phenoxy) is 2. The maximum absolute atomic E-state index is 12.4. The van der Waals surface area contributed by atoms with Gasteiger partial charge in [-0.05, 0) is 66.1 Å². The summed E-state index contributed by atoms with van der Waals surface area (Å²) in [5.41, 5.74) is 1.91. The lowest BCUT2D eigenvalue weighted by Crippen LogP contribution is -2.25. The summed E-state index contributed by atoms with van der Waals surface area (Å²) < 4.78 is 40.9. The number of hydrogen-bond acceptors (Lipinski definition) is 8. The van der Waals surface area contributed by atoms with Gasteiger partial charge in [-0.15, -0.1) is 0 Å². The third-order valence-electron chi connectivity index (χ3n) is 5.25. The number of methoxy groups -OCH3 is 1. The van der Waals surface area contributed by atoms with Crippen LogP contribution in [0.25, 0.3) is 0 Å². The van der Waals surface area contributed by atoms with Crippen molar-refractivity contribution in [2.45, 2.75) is 23.0 Å². The molecule has 1 unspecified atom stereocenters. The van der Waals surface area contributed by atoms with E-state index in [-0.39, 0.29) is 21.8 Å². The second-order valence-electron chi connectivity index (χ2n) is 7.69. The van der Waals surface area contributed by atoms with Crippen LogP contribution in [0.1, 0.15) is 11.1 Å². The van der Waals surface area contributed by atoms with Gasteiger partial charge in [0, 0.05) is 6.42 Å². The first-order valence-corrected chi connectivity index (χ1v) is 13.0. The number of rotatable bonds is 10. The summed E-state index contributed by atoms with van der Waals surface area (Å²) in [5, 5.41) is 1.58. The van der Waals surface area contributed by atoms with Gasteiger partial charge in [0.1, 0.15) is 22.1 Å². The van der Waals surface area contributed by atoms with Crippen LogP contribution in [0.4, 0.5) is 4.79 Å². The van der Waals surface area contributed by atoms with E-state index in [0.29, 0.717) is 30.9 Å². The van der Waals surface area contributed by atoms with Crippen LogP contribution in [0, 0.1) is 0 Å². The fourth-order valence-electron chi connectivity index (χ4n) is 3.38. The van der Waals surface area contributed by atoms with E-state index in [1.807, 2.05) is 24.3 Å². The van der Waals surface area contributed by atoms with Crippen molar-refractivity contribution in [1.29, 1.82) is 0 Å². The minimum atomic E-state index is -3.94. The molecule has 1 saturated heterocycles. The highest BCUT2D eigenvalue weighted by Crippen LogP contribution is 2.24. The van der Waals surface area contributed by atoms with E-state index in [2.05, 4.69) is 5.32 Å². The van der Waals surface area contributed by atoms with Gasteiger partial charge in [-0.1, -0.05) is 36.0 Å². The summed E-state index contributed by atoms with van der Waals surface area (Å²) in [6, 6.07) is 20.2. The number of thioether (sulfide) groups is 1. The summed E-state index contributed by atoms with van der Waals surface area (Å²) in [6.07, 6.45) is 1.10. The molecule has 0 aliphatic carbocycles. The maximum Gasteiger partial charge on any atom is 0.339 e. The Hall–Kier alpha value is -3.50. The largest absolute Gasteiger partial charge is 0.497 e.